The zero-order valence-corrected chi connectivity index (χ0v) is 11.5. The minimum atomic E-state index is -3.75. The van der Waals surface area contributed by atoms with Gasteiger partial charge in [-0.15, -0.1) is 0 Å². The summed E-state index contributed by atoms with van der Waals surface area (Å²) in [6.45, 7) is 3.42. The molecule has 7 nitrogen and oxygen atoms in total. The molecule has 8 heteroatoms. The summed E-state index contributed by atoms with van der Waals surface area (Å²) in [5.74, 6) is -2.51. The first-order chi connectivity index (χ1) is 8.19. The number of amides is 1. The Balaban J connectivity index is 4.75. The maximum absolute atomic E-state index is 12.0. The van der Waals surface area contributed by atoms with Gasteiger partial charge in [-0.25, -0.2) is 0 Å². The third-order valence-electron chi connectivity index (χ3n) is 2.34. The van der Waals surface area contributed by atoms with Crippen LogP contribution in [-0.2, 0) is 14.2 Å². The predicted octanol–water partition coefficient (Wildman–Crippen LogP) is 0.179. The van der Waals surface area contributed by atoms with Crippen LogP contribution in [0.5, 0.6) is 0 Å². The molecular weight excluding hydrogens is 259 g/mol. The predicted molar refractivity (Wildman–Crippen MR) is 67.4 cm³/mol. The van der Waals surface area contributed by atoms with Gasteiger partial charge < -0.3 is 21.1 Å². The summed E-state index contributed by atoms with van der Waals surface area (Å²) in [6.07, 6.45) is -0.454. The molecule has 0 aliphatic heterocycles. The van der Waals surface area contributed by atoms with Crippen LogP contribution >= 0.6 is 7.37 Å². The van der Waals surface area contributed by atoms with Crippen LogP contribution in [0, 0.1) is 5.92 Å². The highest BCUT2D eigenvalue weighted by atomic mass is 31.2. The van der Waals surface area contributed by atoms with E-state index in [0.717, 1.165) is 0 Å². The van der Waals surface area contributed by atoms with E-state index in [2.05, 4.69) is 5.32 Å². The molecule has 0 aliphatic carbocycles. The van der Waals surface area contributed by atoms with Gasteiger partial charge in [-0.2, -0.15) is 0 Å². The molecule has 0 fully saturated rings. The van der Waals surface area contributed by atoms with Crippen molar-refractivity contribution in [2.75, 3.05) is 12.7 Å². The average Bonchev–Trinajstić information content (AvgIpc) is 2.24. The molecular formula is C10H21N2O5P. The minimum Gasteiger partial charge on any atom is -0.481 e. The highest BCUT2D eigenvalue weighted by Gasteiger charge is 2.32. The molecule has 0 spiro atoms. The van der Waals surface area contributed by atoms with E-state index in [1.165, 1.54) is 0 Å². The van der Waals surface area contributed by atoms with E-state index in [4.69, 9.17) is 10.8 Å². The molecule has 0 aromatic rings. The third kappa shape index (κ3) is 6.74. The number of nitrogens with one attached hydrogen (secondary N) is 1. The van der Waals surface area contributed by atoms with Crippen LogP contribution in [0.3, 0.4) is 0 Å². The van der Waals surface area contributed by atoms with Gasteiger partial charge >= 0.3 is 5.97 Å². The normalized spacial score (nSPS) is 16.1. The van der Waals surface area contributed by atoms with Crippen LogP contribution in [0.15, 0.2) is 0 Å². The number of hydrogen-bond acceptors (Lipinski definition) is 4. The molecule has 0 bridgehead atoms. The number of nitrogens with two attached hydrogens (primary N) is 1. The lowest BCUT2D eigenvalue weighted by atomic mass is 10.1. The van der Waals surface area contributed by atoms with Crippen LogP contribution in [0.4, 0.5) is 0 Å². The van der Waals surface area contributed by atoms with Gasteiger partial charge in [0.15, 0.2) is 0 Å². The van der Waals surface area contributed by atoms with E-state index in [-0.39, 0.29) is 18.6 Å². The largest absolute Gasteiger partial charge is 0.481 e. The molecule has 0 saturated heterocycles. The lowest BCUT2D eigenvalue weighted by Crippen LogP contribution is -2.40. The van der Waals surface area contributed by atoms with Crippen molar-refractivity contribution >= 4 is 19.2 Å². The van der Waals surface area contributed by atoms with Crippen molar-refractivity contribution in [3.8, 4) is 0 Å². The van der Waals surface area contributed by atoms with Crippen LogP contribution < -0.4 is 11.1 Å². The van der Waals surface area contributed by atoms with Crippen molar-refractivity contribution in [2.24, 2.45) is 11.7 Å². The number of hydrogen-bond donors (Lipinski definition) is 4. The molecule has 0 heterocycles. The molecule has 1 amide bonds. The second-order valence-electron chi connectivity index (χ2n) is 4.54. The number of rotatable bonds is 8. The van der Waals surface area contributed by atoms with Gasteiger partial charge in [-0.05, 0) is 12.3 Å². The van der Waals surface area contributed by atoms with Gasteiger partial charge in [0.05, 0.1) is 13.0 Å². The second kappa shape index (κ2) is 7.51. The minimum absolute atomic E-state index is 0.0957. The molecule has 2 atom stereocenters. The first kappa shape index (κ1) is 17.1. The average molecular weight is 280 g/mol. The molecule has 106 valence electrons. The number of aliphatic carboxylic acids is 1. The Hall–Kier alpha value is -0.910. The fraction of sp³-hybridized carbons (Fsp3) is 0.800. The van der Waals surface area contributed by atoms with E-state index in [1.54, 1.807) is 0 Å². The van der Waals surface area contributed by atoms with Crippen LogP contribution in [0.25, 0.3) is 0 Å². The summed E-state index contributed by atoms with van der Waals surface area (Å²) < 4.78 is 12.0. The van der Waals surface area contributed by atoms with Crippen LogP contribution in [0.1, 0.15) is 26.7 Å². The number of carboxylic acid groups (broad SMARTS) is 1. The van der Waals surface area contributed by atoms with E-state index in [0.29, 0.717) is 6.42 Å². The van der Waals surface area contributed by atoms with E-state index < -0.39 is 31.4 Å². The van der Waals surface area contributed by atoms with E-state index in [1.807, 2.05) is 13.8 Å². The Labute approximate surface area is 106 Å². The lowest BCUT2D eigenvalue weighted by Gasteiger charge is -2.25. The molecule has 0 aromatic heterocycles. The van der Waals surface area contributed by atoms with Gasteiger partial charge in [-0.1, -0.05) is 13.8 Å². The topological polar surface area (TPSA) is 130 Å². The summed E-state index contributed by atoms with van der Waals surface area (Å²) in [5.41, 5.74) is 5.14. The van der Waals surface area contributed by atoms with Crippen molar-refractivity contribution in [3.63, 3.8) is 0 Å². The van der Waals surface area contributed by atoms with E-state index in [9.17, 15) is 19.0 Å². The lowest BCUT2D eigenvalue weighted by molar-refractivity contribution is -0.136. The zero-order valence-electron chi connectivity index (χ0n) is 10.6. The zero-order chi connectivity index (χ0) is 14.3. The first-order valence-corrected chi connectivity index (χ1v) is 7.63. The van der Waals surface area contributed by atoms with Gasteiger partial charge in [0.1, 0.15) is 5.78 Å². The maximum atomic E-state index is 12.0. The number of carbonyl (C=O) groups is 2. The van der Waals surface area contributed by atoms with Gasteiger partial charge in [0, 0.05) is 6.16 Å². The number of carbonyl (C=O) groups excluding carboxylic acids is 1. The van der Waals surface area contributed by atoms with Crippen LogP contribution in [0.2, 0.25) is 0 Å². The molecule has 0 aliphatic rings. The quantitative estimate of drug-likeness (QED) is 0.469. The first-order valence-electron chi connectivity index (χ1n) is 5.71. The fourth-order valence-electron chi connectivity index (χ4n) is 1.43. The third-order valence-corrected chi connectivity index (χ3v) is 4.52. The molecule has 18 heavy (non-hydrogen) atoms. The van der Waals surface area contributed by atoms with Crippen molar-refractivity contribution in [1.82, 2.24) is 5.32 Å². The molecule has 0 rings (SSSR count). The summed E-state index contributed by atoms with van der Waals surface area (Å²) >= 11 is 0. The van der Waals surface area contributed by atoms with Gasteiger partial charge in [0.2, 0.25) is 13.3 Å². The fourth-order valence-corrected chi connectivity index (χ4v) is 3.35. The van der Waals surface area contributed by atoms with Gasteiger partial charge in [0.25, 0.3) is 0 Å². The highest BCUT2D eigenvalue weighted by Crippen LogP contribution is 2.47. The monoisotopic (exact) mass is 280 g/mol. The molecule has 0 saturated carbocycles. The molecule has 0 radical (unpaired) electrons. The smallest absolute Gasteiger partial charge is 0.303 e. The number of carboxylic acids is 1. The Bertz CT molecular complexity index is 345. The Morgan fingerprint density at radius 2 is 1.94 bits per heavy atom. The Morgan fingerprint density at radius 1 is 1.39 bits per heavy atom. The summed E-state index contributed by atoms with van der Waals surface area (Å²) in [5, 5.41) is 10.9. The summed E-state index contributed by atoms with van der Waals surface area (Å²) in [7, 11) is -3.75. The van der Waals surface area contributed by atoms with Crippen LogP contribution in [-0.4, -0.2) is 40.4 Å². The van der Waals surface area contributed by atoms with Gasteiger partial charge in [-0.3, -0.25) is 14.2 Å². The standard InChI is InChI=1S/C10H21N2O5P/c1-7(2)5-9(12-8(13)6-11)18(16,17)4-3-10(14)15/h7,9H,3-6,11H2,1-2H3,(H,12,13)(H,14,15)(H,16,17). The SMILES string of the molecule is CC(C)CC(NC(=O)CN)P(=O)(O)CCC(=O)O. The molecule has 5 N–H and O–H groups in total. The van der Waals surface area contributed by atoms with Crippen molar-refractivity contribution < 1.29 is 24.2 Å². The second-order valence-corrected chi connectivity index (χ2v) is 7.12. The maximum Gasteiger partial charge on any atom is 0.303 e. The van der Waals surface area contributed by atoms with Crippen molar-refractivity contribution in [3.05, 3.63) is 0 Å². The Kier molecular flexibility index (Phi) is 7.13. The van der Waals surface area contributed by atoms with Crippen molar-refractivity contribution in [1.29, 1.82) is 0 Å². The van der Waals surface area contributed by atoms with Crippen molar-refractivity contribution in [2.45, 2.75) is 32.5 Å². The Morgan fingerprint density at radius 3 is 2.33 bits per heavy atom. The summed E-state index contributed by atoms with van der Waals surface area (Å²) in [6, 6.07) is 0. The molecule has 0 aromatic carbocycles. The van der Waals surface area contributed by atoms with E-state index >= 15 is 0 Å². The molecule has 2 unspecified atom stereocenters. The summed E-state index contributed by atoms with van der Waals surface area (Å²) in [4.78, 5) is 31.5. The highest BCUT2D eigenvalue weighted by molar-refractivity contribution is 7.58.